The molecule has 3 heterocycles. The summed E-state index contributed by atoms with van der Waals surface area (Å²) in [4.78, 5) is 37.3. The zero-order valence-electron chi connectivity index (χ0n) is 18.2. The van der Waals surface area contributed by atoms with Gasteiger partial charge in [0.25, 0.3) is 0 Å². The van der Waals surface area contributed by atoms with Crippen molar-refractivity contribution in [3.05, 3.63) is 30.1 Å². The lowest BCUT2D eigenvalue weighted by atomic mass is 9.92. The summed E-state index contributed by atoms with van der Waals surface area (Å²) in [5.41, 5.74) is 1.53. The van der Waals surface area contributed by atoms with E-state index in [0.29, 0.717) is 32.5 Å². The Morgan fingerprint density at radius 3 is 2.50 bits per heavy atom. The number of imidazole rings is 1. The van der Waals surface area contributed by atoms with Crippen LogP contribution in [0.2, 0.25) is 0 Å². The maximum Gasteiger partial charge on any atom is 0.410 e. The van der Waals surface area contributed by atoms with Crippen molar-refractivity contribution >= 4 is 23.0 Å². The number of nitrogens with one attached hydrogen (secondary N) is 1. The molecule has 1 aromatic heterocycles. The molecule has 2 fully saturated rings. The summed E-state index contributed by atoms with van der Waals surface area (Å²) in [6.45, 7) is 8.28. The minimum absolute atomic E-state index is 0.0156. The average molecular weight is 413 g/mol. The van der Waals surface area contributed by atoms with Gasteiger partial charge in [-0.1, -0.05) is 12.1 Å². The third-order valence-corrected chi connectivity index (χ3v) is 6.02. The summed E-state index contributed by atoms with van der Waals surface area (Å²) in [7, 11) is 0. The van der Waals surface area contributed by atoms with Gasteiger partial charge in [0, 0.05) is 38.0 Å². The predicted octanol–water partition coefficient (Wildman–Crippen LogP) is 3.92. The SMILES string of the molecule is CC(C)(C)OC(=O)N1CCC(C(=O)N2CCC[C@@H](c3nc4ccccc4[nH]3)C2)CC1. The highest BCUT2D eigenvalue weighted by molar-refractivity contribution is 5.80. The molecule has 0 saturated carbocycles. The molecule has 7 heteroatoms. The molecule has 4 rings (SSSR count). The smallest absolute Gasteiger partial charge is 0.410 e. The highest BCUT2D eigenvalue weighted by Crippen LogP contribution is 2.29. The normalized spacial score (nSPS) is 21.1. The molecule has 1 atom stereocenters. The predicted molar refractivity (Wildman–Crippen MR) is 115 cm³/mol. The largest absolute Gasteiger partial charge is 0.444 e. The molecule has 0 spiro atoms. The van der Waals surface area contributed by atoms with E-state index in [1.165, 1.54) is 0 Å². The zero-order chi connectivity index (χ0) is 21.3. The van der Waals surface area contributed by atoms with E-state index in [4.69, 9.17) is 9.72 Å². The molecule has 0 aliphatic carbocycles. The molecule has 2 saturated heterocycles. The van der Waals surface area contributed by atoms with Gasteiger partial charge in [0.05, 0.1) is 11.0 Å². The minimum Gasteiger partial charge on any atom is -0.444 e. The topological polar surface area (TPSA) is 78.5 Å². The van der Waals surface area contributed by atoms with E-state index in [1.54, 1.807) is 4.90 Å². The number of hydrogen-bond acceptors (Lipinski definition) is 4. The summed E-state index contributed by atoms with van der Waals surface area (Å²) in [6.07, 6.45) is 3.15. The van der Waals surface area contributed by atoms with E-state index in [2.05, 4.69) is 4.98 Å². The lowest BCUT2D eigenvalue weighted by Crippen LogP contribution is -2.47. The summed E-state index contributed by atoms with van der Waals surface area (Å²) in [5, 5.41) is 0. The molecule has 1 N–H and O–H groups in total. The van der Waals surface area contributed by atoms with Crippen LogP contribution in [0.5, 0.6) is 0 Å². The Bertz CT molecular complexity index is 876. The second kappa shape index (κ2) is 8.28. The van der Waals surface area contributed by atoms with Crippen LogP contribution in [-0.4, -0.2) is 63.5 Å². The Labute approximate surface area is 177 Å². The fourth-order valence-corrected chi connectivity index (χ4v) is 4.46. The Morgan fingerprint density at radius 1 is 1.07 bits per heavy atom. The van der Waals surface area contributed by atoms with Gasteiger partial charge in [-0.15, -0.1) is 0 Å². The second-order valence-electron chi connectivity index (χ2n) is 9.50. The van der Waals surface area contributed by atoms with Gasteiger partial charge in [0.2, 0.25) is 5.91 Å². The van der Waals surface area contributed by atoms with Gasteiger partial charge >= 0.3 is 6.09 Å². The molecule has 2 aliphatic heterocycles. The van der Waals surface area contributed by atoms with Crippen LogP contribution >= 0.6 is 0 Å². The van der Waals surface area contributed by atoms with Crippen molar-refractivity contribution in [2.45, 2.75) is 58.0 Å². The maximum atomic E-state index is 13.2. The number of aromatic nitrogens is 2. The zero-order valence-corrected chi connectivity index (χ0v) is 18.2. The lowest BCUT2D eigenvalue weighted by molar-refractivity contribution is -0.138. The number of carbonyl (C=O) groups is 2. The number of carbonyl (C=O) groups excluding carboxylic acids is 2. The van der Waals surface area contributed by atoms with Gasteiger partial charge in [-0.3, -0.25) is 4.79 Å². The molecule has 0 radical (unpaired) electrons. The van der Waals surface area contributed by atoms with Crippen molar-refractivity contribution < 1.29 is 14.3 Å². The highest BCUT2D eigenvalue weighted by atomic mass is 16.6. The first-order chi connectivity index (χ1) is 14.3. The van der Waals surface area contributed by atoms with Crippen LogP contribution in [0.3, 0.4) is 0 Å². The van der Waals surface area contributed by atoms with Gasteiger partial charge in [-0.25, -0.2) is 9.78 Å². The molecule has 162 valence electrons. The monoisotopic (exact) mass is 412 g/mol. The van der Waals surface area contributed by atoms with Gasteiger partial charge in [-0.2, -0.15) is 0 Å². The number of amides is 2. The number of rotatable bonds is 2. The molecule has 1 aromatic carbocycles. The van der Waals surface area contributed by atoms with Crippen LogP contribution in [0.1, 0.15) is 58.2 Å². The van der Waals surface area contributed by atoms with Crippen LogP contribution in [0.25, 0.3) is 11.0 Å². The van der Waals surface area contributed by atoms with Crippen molar-refractivity contribution in [3.63, 3.8) is 0 Å². The van der Waals surface area contributed by atoms with Crippen molar-refractivity contribution in [1.82, 2.24) is 19.8 Å². The van der Waals surface area contributed by atoms with E-state index in [1.807, 2.05) is 49.9 Å². The van der Waals surface area contributed by atoms with Crippen LogP contribution < -0.4 is 0 Å². The van der Waals surface area contributed by atoms with Crippen LogP contribution in [0, 0.1) is 5.92 Å². The third-order valence-electron chi connectivity index (χ3n) is 6.02. The summed E-state index contributed by atoms with van der Waals surface area (Å²) >= 11 is 0. The van der Waals surface area contributed by atoms with E-state index < -0.39 is 5.60 Å². The molecule has 2 aromatic rings. The Morgan fingerprint density at radius 2 is 1.80 bits per heavy atom. The number of hydrogen-bond donors (Lipinski definition) is 1. The first-order valence-electron chi connectivity index (χ1n) is 11.0. The molecule has 30 heavy (non-hydrogen) atoms. The lowest BCUT2D eigenvalue weighted by Gasteiger charge is -2.37. The number of para-hydroxylation sites is 2. The minimum atomic E-state index is -0.497. The third kappa shape index (κ3) is 4.60. The van der Waals surface area contributed by atoms with E-state index >= 15 is 0 Å². The number of aromatic amines is 1. The summed E-state index contributed by atoms with van der Waals surface area (Å²) in [5.74, 6) is 1.43. The second-order valence-corrected chi connectivity index (χ2v) is 9.50. The first kappa shape index (κ1) is 20.7. The number of fused-ring (bicyclic) bond motifs is 1. The average Bonchev–Trinajstić information content (AvgIpc) is 3.16. The Kier molecular flexibility index (Phi) is 5.71. The number of benzene rings is 1. The number of nitrogens with zero attached hydrogens (tertiary/aromatic N) is 3. The van der Waals surface area contributed by atoms with Crippen molar-refractivity contribution in [2.24, 2.45) is 5.92 Å². The molecule has 0 bridgehead atoms. The summed E-state index contributed by atoms with van der Waals surface area (Å²) in [6, 6.07) is 8.05. The molecule has 2 aliphatic rings. The standard InChI is InChI=1S/C23H32N4O3/c1-23(2,3)30-22(29)26-13-10-16(11-14-26)21(28)27-12-6-7-17(15-27)20-24-18-8-4-5-9-19(18)25-20/h4-5,8-9,16-17H,6-7,10-15H2,1-3H3,(H,24,25)/t17-/m1/s1. The number of ether oxygens (including phenoxy) is 1. The fourth-order valence-electron chi connectivity index (χ4n) is 4.46. The maximum absolute atomic E-state index is 13.2. The van der Waals surface area contributed by atoms with E-state index in [-0.39, 0.29) is 23.8 Å². The van der Waals surface area contributed by atoms with Crippen LogP contribution in [0.15, 0.2) is 24.3 Å². The van der Waals surface area contributed by atoms with E-state index in [0.717, 1.165) is 36.2 Å². The molecular weight excluding hydrogens is 380 g/mol. The molecule has 7 nitrogen and oxygen atoms in total. The highest BCUT2D eigenvalue weighted by Gasteiger charge is 2.34. The molecular formula is C23H32N4O3. The number of H-pyrrole nitrogens is 1. The van der Waals surface area contributed by atoms with Gasteiger partial charge in [0.15, 0.2) is 0 Å². The molecule has 0 unspecified atom stereocenters. The van der Waals surface area contributed by atoms with Gasteiger partial charge in [-0.05, 0) is 58.6 Å². The number of likely N-dealkylation sites (tertiary alicyclic amines) is 2. The number of piperidine rings is 2. The van der Waals surface area contributed by atoms with Gasteiger partial charge < -0.3 is 19.5 Å². The van der Waals surface area contributed by atoms with Crippen LogP contribution in [0.4, 0.5) is 4.79 Å². The van der Waals surface area contributed by atoms with Gasteiger partial charge in [0.1, 0.15) is 11.4 Å². The van der Waals surface area contributed by atoms with Crippen molar-refractivity contribution in [2.75, 3.05) is 26.2 Å². The van der Waals surface area contributed by atoms with Crippen molar-refractivity contribution in [3.8, 4) is 0 Å². The quantitative estimate of drug-likeness (QED) is 0.811. The first-order valence-corrected chi connectivity index (χ1v) is 11.0. The van der Waals surface area contributed by atoms with Crippen LogP contribution in [-0.2, 0) is 9.53 Å². The fraction of sp³-hybridized carbons (Fsp3) is 0.609. The Hall–Kier alpha value is -2.57. The summed E-state index contributed by atoms with van der Waals surface area (Å²) < 4.78 is 5.46. The van der Waals surface area contributed by atoms with Crippen molar-refractivity contribution in [1.29, 1.82) is 0 Å². The molecule has 2 amide bonds. The Balaban J connectivity index is 1.34. The van der Waals surface area contributed by atoms with E-state index in [9.17, 15) is 9.59 Å².